The third kappa shape index (κ3) is 9.60. The van der Waals surface area contributed by atoms with Crippen LogP contribution in [0.1, 0.15) is 26.7 Å². The second kappa shape index (κ2) is 7.58. The van der Waals surface area contributed by atoms with E-state index in [4.69, 9.17) is 0 Å². The molecule has 0 aromatic heterocycles. The fourth-order valence-corrected chi connectivity index (χ4v) is 3.98. The average Bonchev–Trinajstić information content (AvgIpc) is 2.00. The van der Waals surface area contributed by atoms with E-state index in [1.54, 1.807) is 0 Å². The van der Waals surface area contributed by atoms with Gasteiger partial charge in [0, 0.05) is 0 Å². The Morgan fingerprint density at radius 1 is 0.800 bits per heavy atom. The van der Waals surface area contributed by atoms with Gasteiger partial charge in [-0.2, -0.15) is 0 Å². The molecule has 4 nitrogen and oxygen atoms in total. The molecule has 0 atom stereocenters. The van der Waals surface area contributed by atoms with Crippen LogP contribution in [0.2, 0.25) is 10.0 Å². The average molecular weight is 264 g/mol. The van der Waals surface area contributed by atoms with Crippen molar-refractivity contribution in [2.45, 2.75) is 36.7 Å². The molecule has 0 aromatic rings. The summed E-state index contributed by atoms with van der Waals surface area (Å²) in [5.41, 5.74) is 0. The molecular formula is C10H14O4Zn. The first kappa shape index (κ1) is 14.3. The first-order valence-electron chi connectivity index (χ1n) is 4.94. The summed E-state index contributed by atoms with van der Waals surface area (Å²) in [7, 11) is 0. The molecule has 0 saturated heterocycles. The van der Waals surface area contributed by atoms with E-state index in [0.717, 1.165) is 0 Å². The van der Waals surface area contributed by atoms with E-state index in [2.05, 4.69) is 0 Å². The van der Waals surface area contributed by atoms with Crippen molar-refractivity contribution in [2.75, 3.05) is 0 Å². The number of carbonyl (C=O) groups is 4. The van der Waals surface area contributed by atoms with Gasteiger partial charge in [-0.3, -0.25) is 0 Å². The predicted octanol–water partition coefficient (Wildman–Crippen LogP) is 1.00. The number of hydrogen-bond donors (Lipinski definition) is 0. The van der Waals surface area contributed by atoms with Crippen LogP contribution in [0.3, 0.4) is 0 Å². The van der Waals surface area contributed by atoms with Gasteiger partial charge in [0.1, 0.15) is 0 Å². The molecule has 0 unspecified atom stereocenters. The van der Waals surface area contributed by atoms with Crippen LogP contribution in [0.25, 0.3) is 0 Å². The summed E-state index contributed by atoms with van der Waals surface area (Å²) in [6.07, 6.45) is -0.0156. The Hall–Kier alpha value is -0.697. The van der Waals surface area contributed by atoms with E-state index in [-0.39, 0.29) is 36.0 Å². The molecule has 0 radical (unpaired) electrons. The van der Waals surface area contributed by atoms with E-state index in [1.807, 2.05) is 0 Å². The van der Waals surface area contributed by atoms with Gasteiger partial charge >= 0.3 is 96.2 Å². The molecule has 0 fully saturated rings. The SMILES string of the molecule is CC(=O)CC(=O)[CH2][Zn][CH2]C(=O)CC(C)=O. The zero-order valence-electron chi connectivity index (χ0n) is 9.17. The second-order valence-corrected chi connectivity index (χ2v) is 7.27. The van der Waals surface area contributed by atoms with E-state index < -0.39 is 17.1 Å². The van der Waals surface area contributed by atoms with Crippen LogP contribution in [0, 0.1) is 0 Å². The molecule has 0 N–H and O–H groups in total. The molecule has 0 amide bonds. The summed E-state index contributed by atoms with van der Waals surface area (Å²) in [6.45, 7) is 2.76. The Labute approximate surface area is 96.4 Å². The Kier molecular flexibility index (Phi) is 7.22. The van der Waals surface area contributed by atoms with Crippen molar-refractivity contribution in [3.63, 3.8) is 0 Å². The van der Waals surface area contributed by atoms with Gasteiger partial charge in [0.15, 0.2) is 0 Å². The third-order valence-corrected chi connectivity index (χ3v) is 5.63. The van der Waals surface area contributed by atoms with Gasteiger partial charge in [0.05, 0.1) is 0 Å². The fourth-order valence-electron chi connectivity index (χ4n) is 1.21. The van der Waals surface area contributed by atoms with Crippen LogP contribution in [0.5, 0.6) is 0 Å². The molecule has 0 saturated carbocycles. The van der Waals surface area contributed by atoms with Crippen molar-refractivity contribution in [1.29, 1.82) is 0 Å². The first-order valence-corrected chi connectivity index (χ1v) is 9.13. The van der Waals surface area contributed by atoms with E-state index in [1.165, 1.54) is 13.8 Å². The number of ketones is 4. The zero-order chi connectivity index (χ0) is 11.8. The van der Waals surface area contributed by atoms with Gasteiger partial charge in [-0.15, -0.1) is 0 Å². The maximum atomic E-state index is 11.1. The fraction of sp³-hybridized carbons (Fsp3) is 0.600. The Morgan fingerprint density at radius 3 is 1.40 bits per heavy atom. The van der Waals surface area contributed by atoms with Gasteiger partial charge in [0.25, 0.3) is 0 Å². The summed E-state index contributed by atoms with van der Waals surface area (Å²) in [5, 5.41) is 0.854. The van der Waals surface area contributed by atoms with Gasteiger partial charge in [-0.1, -0.05) is 0 Å². The number of hydrogen-bond acceptors (Lipinski definition) is 4. The molecule has 0 rings (SSSR count). The normalized spacial score (nSPS) is 9.20. The minimum atomic E-state index is -1.19. The van der Waals surface area contributed by atoms with Crippen LogP contribution >= 0.6 is 0 Å². The van der Waals surface area contributed by atoms with Crippen LogP contribution in [0.4, 0.5) is 0 Å². The summed E-state index contributed by atoms with van der Waals surface area (Å²) in [4.78, 5) is 43.4. The van der Waals surface area contributed by atoms with Crippen molar-refractivity contribution >= 4 is 23.1 Å². The van der Waals surface area contributed by atoms with Crippen molar-refractivity contribution < 1.29 is 36.3 Å². The zero-order valence-corrected chi connectivity index (χ0v) is 12.1. The Morgan fingerprint density at radius 2 is 1.13 bits per heavy atom. The third-order valence-electron chi connectivity index (χ3n) is 1.80. The van der Waals surface area contributed by atoms with Gasteiger partial charge in [0.2, 0.25) is 0 Å². The maximum absolute atomic E-state index is 11.1. The first-order chi connectivity index (χ1) is 6.91. The second-order valence-electron chi connectivity index (χ2n) is 3.69. The van der Waals surface area contributed by atoms with Crippen molar-refractivity contribution in [1.82, 2.24) is 0 Å². The summed E-state index contributed by atoms with van der Waals surface area (Å²) in [5.74, 6) is -0.369. The number of carbonyl (C=O) groups excluding carboxylic acids is 4. The van der Waals surface area contributed by atoms with Crippen LogP contribution in [-0.4, -0.2) is 23.1 Å². The summed E-state index contributed by atoms with van der Waals surface area (Å²) >= 11 is -1.19. The Bertz CT molecular complexity index is 255. The molecule has 15 heavy (non-hydrogen) atoms. The monoisotopic (exact) mass is 262 g/mol. The predicted molar refractivity (Wildman–Crippen MR) is 50.2 cm³/mol. The van der Waals surface area contributed by atoms with Crippen molar-refractivity contribution in [2.24, 2.45) is 0 Å². The van der Waals surface area contributed by atoms with Crippen LogP contribution in [0.15, 0.2) is 0 Å². The standard InChI is InChI=1S/2C5H7O2.Zn/c2*1-4(6)3-5(2)7;/h2*1,3H2,2H3;. The molecule has 0 aliphatic heterocycles. The molecule has 0 spiro atoms. The molecule has 0 aliphatic rings. The molecule has 0 aromatic carbocycles. The van der Waals surface area contributed by atoms with Gasteiger partial charge < -0.3 is 0 Å². The van der Waals surface area contributed by atoms with Crippen molar-refractivity contribution in [3.8, 4) is 0 Å². The van der Waals surface area contributed by atoms with Crippen molar-refractivity contribution in [3.05, 3.63) is 0 Å². The Balaban J connectivity index is 3.61. The summed E-state index contributed by atoms with van der Waals surface area (Å²) in [6, 6.07) is 0. The van der Waals surface area contributed by atoms with Gasteiger partial charge in [-0.05, 0) is 0 Å². The number of Topliss-reactive ketones (excluding diaryl/α,β-unsaturated/α-hetero) is 4. The van der Waals surface area contributed by atoms with Gasteiger partial charge in [-0.25, -0.2) is 0 Å². The van der Waals surface area contributed by atoms with Crippen LogP contribution in [-0.2, 0) is 36.3 Å². The molecule has 0 heterocycles. The number of rotatable bonds is 8. The van der Waals surface area contributed by atoms with Crippen LogP contribution < -0.4 is 0 Å². The van der Waals surface area contributed by atoms with E-state index in [9.17, 15) is 19.2 Å². The molecule has 0 aliphatic carbocycles. The molecular weight excluding hydrogens is 249 g/mol. The molecule has 0 bridgehead atoms. The molecule has 5 heteroatoms. The molecule has 80 valence electrons. The minimum absolute atomic E-state index is 0.00779. The topological polar surface area (TPSA) is 68.3 Å². The van der Waals surface area contributed by atoms with E-state index >= 15 is 0 Å². The quantitative estimate of drug-likeness (QED) is 0.484. The van der Waals surface area contributed by atoms with E-state index in [0.29, 0.717) is 10.0 Å². The summed E-state index contributed by atoms with van der Waals surface area (Å²) < 4.78 is 0.